The van der Waals surface area contributed by atoms with Gasteiger partial charge in [-0.2, -0.15) is 0 Å². The molecule has 0 bridgehead atoms. The molecule has 7 nitrogen and oxygen atoms in total. The Morgan fingerprint density at radius 3 is 2.75 bits per heavy atom. The molecule has 1 aromatic carbocycles. The molecule has 2 fully saturated rings. The summed E-state index contributed by atoms with van der Waals surface area (Å²) < 4.78 is 11.7. The van der Waals surface area contributed by atoms with Gasteiger partial charge in [0.05, 0.1) is 25.3 Å². The molecule has 28 heavy (non-hydrogen) atoms. The third-order valence-electron chi connectivity index (χ3n) is 6.13. The maximum Gasteiger partial charge on any atom is 0.255 e. The Bertz CT molecular complexity index is 709. The number of carbonyl (C=O) groups is 2. The Morgan fingerprint density at radius 1 is 1.21 bits per heavy atom. The van der Waals surface area contributed by atoms with Crippen molar-refractivity contribution in [1.29, 1.82) is 0 Å². The van der Waals surface area contributed by atoms with Crippen LogP contribution in [-0.2, 0) is 9.53 Å². The molecule has 2 aliphatic heterocycles. The van der Waals surface area contributed by atoms with E-state index in [0.717, 1.165) is 58.5 Å². The molecule has 2 heterocycles. The van der Waals surface area contributed by atoms with Gasteiger partial charge in [-0.25, -0.2) is 0 Å². The fourth-order valence-electron chi connectivity index (χ4n) is 4.34. The number of benzene rings is 1. The number of fused-ring (bicyclic) bond motifs is 1. The minimum atomic E-state index is -0.410. The highest BCUT2D eigenvalue weighted by Crippen LogP contribution is 2.38. The van der Waals surface area contributed by atoms with Crippen molar-refractivity contribution in [3.8, 4) is 5.75 Å². The van der Waals surface area contributed by atoms with Gasteiger partial charge in [-0.05, 0) is 37.8 Å². The number of hydrogen-bond acceptors (Lipinski definition) is 5. The van der Waals surface area contributed by atoms with Crippen LogP contribution < -0.4 is 15.4 Å². The van der Waals surface area contributed by atoms with E-state index in [1.807, 2.05) is 18.2 Å². The maximum atomic E-state index is 12.6. The topological polar surface area (TPSA) is 79.9 Å². The quantitative estimate of drug-likeness (QED) is 0.811. The summed E-state index contributed by atoms with van der Waals surface area (Å²) in [5, 5.41) is 6.09. The number of ether oxygens (including phenoxy) is 2. The third-order valence-corrected chi connectivity index (χ3v) is 6.13. The van der Waals surface area contributed by atoms with Crippen molar-refractivity contribution in [2.24, 2.45) is 5.92 Å². The predicted molar refractivity (Wildman–Crippen MR) is 104 cm³/mol. The second-order valence-electron chi connectivity index (χ2n) is 7.98. The highest BCUT2D eigenvalue weighted by atomic mass is 16.5. The summed E-state index contributed by atoms with van der Waals surface area (Å²) >= 11 is 0. The lowest BCUT2D eigenvalue weighted by Crippen LogP contribution is -2.49. The number of rotatable bonds is 4. The van der Waals surface area contributed by atoms with Gasteiger partial charge in [0.2, 0.25) is 5.91 Å². The summed E-state index contributed by atoms with van der Waals surface area (Å²) in [6.45, 7) is 5.47. The zero-order valence-electron chi connectivity index (χ0n) is 16.2. The van der Waals surface area contributed by atoms with Crippen molar-refractivity contribution in [3.05, 3.63) is 29.8 Å². The fourth-order valence-corrected chi connectivity index (χ4v) is 4.34. The molecule has 1 saturated carbocycles. The maximum absolute atomic E-state index is 12.6. The number of morpholine rings is 1. The molecule has 152 valence electrons. The number of nitrogens with one attached hydrogen (secondary N) is 2. The van der Waals surface area contributed by atoms with Crippen LogP contribution in [0.3, 0.4) is 0 Å². The number of hydrogen-bond donors (Lipinski definition) is 2. The first kappa shape index (κ1) is 19.2. The van der Waals surface area contributed by atoms with Gasteiger partial charge in [0.15, 0.2) is 0 Å². The van der Waals surface area contributed by atoms with Gasteiger partial charge in [0.1, 0.15) is 11.4 Å². The second-order valence-corrected chi connectivity index (χ2v) is 7.98. The van der Waals surface area contributed by atoms with Gasteiger partial charge >= 0.3 is 0 Å². The van der Waals surface area contributed by atoms with Crippen LogP contribution in [0.2, 0.25) is 0 Å². The Balaban J connectivity index is 1.28. The van der Waals surface area contributed by atoms with Gasteiger partial charge in [-0.3, -0.25) is 14.5 Å². The average Bonchev–Trinajstić information content (AvgIpc) is 2.86. The van der Waals surface area contributed by atoms with Crippen molar-refractivity contribution in [3.63, 3.8) is 0 Å². The van der Waals surface area contributed by atoms with Crippen molar-refractivity contribution >= 4 is 11.8 Å². The molecule has 2 amide bonds. The molecule has 1 aliphatic carbocycles. The molecular formula is C21H29N3O4. The lowest BCUT2D eigenvalue weighted by Gasteiger charge is -2.39. The van der Waals surface area contributed by atoms with Crippen LogP contribution in [0.1, 0.15) is 36.0 Å². The first-order chi connectivity index (χ1) is 13.7. The van der Waals surface area contributed by atoms with Crippen molar-refractivity contribution < 1.29 is 19.1 Å². The van der Waals surface area contributed by atoms with Crippen molar-refractivity contribution in [2.75, 3.05) is 45.9 Å². The molecule has 0 atom stereocenters. The third kappa shape index (κ3) is 4.31. The van der Waals surface area contributed by atoms with E-state index in [2.05, 4.69) is 15.5 Å². The molecule has 2 N–H and O–H groups in total. The van der Waals surface area contributed by atoms with E-state index in [0.29, 0.717) is 24.4 Å². The van der Waals surface area contributed by atoms with Crippen LogP contribution in [0.5, 0.6) is 5.75 Å². The van der Waals surface area contributed by atoms with Gasteiger partial charge < -0.3 is 20.1 Å². The van der Waals surface area contributed by atoms with E-state index in [1.54, 1.807) is 6.07 Å². The Labute approximate surface area is 165 Å². The van der Waals surface area contributed by atoms with E-state index in [-0.39, 0.29) is 17.7 Å². The Hall–Kier alpha value is -2.12. The molecule has 1 aromatic rings. The van der Waals surface area contributed by atoms with E-state index < -0.39 is 5.60 Å². The minimum absolute atomic E-state index is 0.0214. The molecule has 0 aromatic heterocycles. The number of amides is 2. The van der Waals surface area contributed by atoms with Gasteiger partial charge in [-0.15, -0.1) is 0 Å². The first-order valence-electron chi connectivity index (χ1n) is 10.3. The summed E-state index contributed by atoms with van der Waals surface area (Å²) in [7, 11) is 0. The minimum Gasteiger partial charge on any atom is -0.485 e. The summed E-state index contributed by atoms with van der Waals surface area (Å²) in [6, 6.07) is 7.38. The Kier molecular flexibility index (Phi) is 5.82. The lowest BCUT2D eigenvalue weighted by atomic mass is 9.78. The monoisotopic (exact) mass is 387 g/mol. The smallest absolute Gasteiger partial charge is 0.255 e. The summed E-state index contributed by atoms with van der Waals surface area (Å²) in [6.07, 6.45) is 3.09. The van der Waals surface area contributed by atoms with E-state index >= 15 is 0 Å². The number of nitrogens with zero attached hydrogens (tertiary/aromatic N) is 1. The summed E-state index contributed by atoms with van der Waals surface area (Å²) in [4.78, 5) is 27.2. The normalized spacial score (nSPS) is 28.0. The molecule has 3 aliphatic rings. The molecule has 1 spiro atoms. The Morgan fingerprint density at radius 2 is 1.96 bits per heavy atom. The van der Waals surface area contributed by atoms with Gasteiger partial charge in [0.25, 0.3) is 5.91 Å². The standard InChI is InChI=1S/C21H29N3O4/c25-19(22-9-10-24-11-13-27-14-12-24)16-5-7-21(8-6-16)15-23-20(26)17-3-1-2-4-18(17)28-21/h1-4,16H,5-15H2,(H,22,25)(H,23,26). The number of para-hydroxylation sites is 1. The highest BCUT2D eigenvalue weighted by Gasteiger charge is 2.41. The van der Waals surface area contributed by atoms with Crippen molar-refractivity contribution in [2.45, 2.75) is 31.3 Å². The van der Waals surface area contributed by atoms with Crippen LogP contribution in [0, 0.1) is 5.92 Å². The molecule has 7 heteroatoms. The fraction of sp³-hybridized carbons (Fsp3) is 0.619. The van der Waals surface area contributed by atoms with Crippen LogP contribution in [0.4, 0.5) is 0 Å². The first-order valence-corrected chi connectivity index (χ1v) is 10.3. The SMILES string of the molecule is O=C1NCC2(CCC(C(=O)NCCN3CCOCC3)CC2)Oc2ccccc21. The van der Waals surface area contributed by atoms with Crippen molar-refractivity contribution in [1.82, 2.24) is 15.5 Å². The van der Waals surface area contributed by atoms with Crippen LogP contribution in [0.25, 0.3) is 0 Å². The van der Waals surface area contributed by atoms with Crippen LogP contribution in [-0.4, -0.2) is 68.3 Å². The van der Waals surface area contributed by atoms with Crippen LogP contribution >= 0.6 is 0 Å². The number of carbonyl (C=O) groups excluding carboxylic acids is 2. The average molecular weight is 387 g/mol. The second kappa shape index (κ2) is 8.49. The summed E-state index contributed by atoms with van der Waals surface area (Å²) in [5.41, 5.74) is 0.176. The molecule has 1 saturated heterocycles. The van der Waals surface area contributed by atoms with E-state index in [1.165, 1.54) is 0 Å². The zero-order valence-corrected chi connectivity index (χ0v) is 16.2. The lowest BCUT2D eigenvalue weighted by molar-refractivity contribution is -0.127. The highest BCUT2D eigenvalue weighted by molar-refractivity contribution is 5.97. The largest absolute Gasteiger partial charge is 0.485 e. The predicted octanol–water partition coefficient (Wildman–Crippen LogP) is 1.19. The van der Waals surface area contributed by atoms with Gasteiger partial charge in [-0.1, -0.05) is 12.1 Å². The molecular weight excluding hydrogens is 358 g/mol. The molecule has 4 rings (SSSR count). The zero-order chi connectivity index (χ0) is 19.4. The summed E-state index contributed by atoms with van der Waals surface area (Å²) in [5.74, 6) is 0.718. The molecule has 0 unspecified atom stereocenters. The van der Waals surface area contributed by atoms with E-state index in [4.69, 9.17) is 9.47 Å². The molecule has 0 radical (unpaired) electrons. The van der Waals surface area contributed by atoms with Crippen LogP contribution in [0.15, 0.2) is 24.3 Å². The van der Waals surface area contributed by atoms with E-state index in [9.17, 15) is 9.59 Å². The van der Waals surface area contributed by atoms with Gasteiger partial charge in [0, 0.05) is 32.1 Å².